The second kappa shape index (κ2) is 10.6. The van der Waals surface area contributed by atoms with Crippen LogP contribution in [0.3, 0.4) is 0 Å². The van der Waals surface area contributed by atoms with Crippen molar-refractivity contribution in [2.75, 3.05) is 17.3 Å². The first-order valence-corrected chi connectivity index (χ1v) is 11.5. The van der Waals surface area contributed by atoms with E-state index in [9.17, 15) is 45.5 Å². The molecule has 0 saturated carbocycles. The highest BCUT2D eigenvalue weighted by Crippen LogP contribution is 2.54. The Labute approximate surface area is 227 Å². The highest BCUT2D eigenvalue weighted by Gasteiger charge is 2.73. The number of hydrogen-bond acceptors (Lipinski definition) is 3. The summed E-state index contributed by atoms with van der Waals surface area (Å²) in [5.74, 6) is -3.32. The lowest BCUT2D eigenvalue weighted by molar-refractivity contribution is -0.605. The lowest BCUT2D eigenvalue weighted by Gasteiger charge is -2.30. The van der Waals surface area contributed by atoms with Gasteiger partial charge in [0.05, 0.1) is 22.0 Å². The number of aromatic nitrogens is 1. The van der Waals surface area contributed by atoms with E-state index >= 15 is 4.39 Å². The Bertz CT molecular complexity index is 1410. The van der Waals surface area contributed by atoms with Gasteiger partial charge in [-0.2, -0.15) is 31.1 Å². The smallest absolute Gasteiger partial charge is 0.435 e. The van der Waals surface area contributed by atoms with Crippen molar-refractivity contribution in [1.29, 1.82) is 0 Å². The van der Waals surface area contributed by atoms with Crippen LogP contribution in [-0.2, 0) is 5.67 Å². The summed E-state index contributed by atoms with van der Waals surface area (Å²) in [4.78, 5) is 26.2. The van der Waals surface area contributed by atoms with Gasteiger partial charge >= 0.3 is 18.0 Å². The van der Waals surface area contributed by atoms with Gasteiger partial charge < -0.3 is 15.4 Å². The molecule has 0 saturated heterocycles. The fraction of sp³-hybridized carbons (Fsp3) is 0.174. The maximum absolute atomic E-state index is 15.2. The number of halogens is 10. The number of amides is 2. The van der Waals surface area contributed by atoms with E-state index in [1.54, 1.807) is 0 Å². The Morgan fingerprint density at radius 3 is 2.18 bits per heavy atom. The molecular formula is C23H13BrClF8N3O3. The van der Waals surface area contributed by atoms with E-state index in [1.807, 2.05) is 5.32 Å². The molecule has 0 spiro atoms. The quantitative estimate of drug-likeness (QED) is 0.191. The van der Waals surface area contributed by atoms with Crippen molar-refractivity contribution in [3.63, 3.8) is 0 Å². The van der Waals surface area contributed by atoms with Gasteiger partial charge in [-0.05, 0) is 46.3 Å². The van der Waals surface area contributed by atoms with Gasteiger partial charge in [0.25, 0.3) is 11.8 Å². The second-order valence-corrected chi connectivity index (χ2v) is 9.14. The molecule has 0 aliphatic rings. The third-order valence-corrected chi connectivity index (χ3v) is 6.29. The average Bonchev–Trinajstić information content (AvgIpc) is 2.83. The highest BCUT2D eigenvalue weighted by molar-refractivity contribution is 9.10. The molecule has 16 heteroatoms. The van der Waals surface area contributed by atoms with Crippen LogP contribution in [0.4, 0.5) is 46.5 Å². The van der Waals surface area contributed by atoms with Gasteiger partial charge in [-0.1, -0.05) is 17.7 Å². The summed E-state index contributed by atoms with van der Waals surface area (Å²) in [6.07, 6.45) is -10.8. The molecule has 0 radical (unpaired) electrons. The molecule has 39 heavy (non-hydrogen) atoms. The molecule has 1 aromatic heterocycles. The molecule has 208 valence electrons. The minimum absolute atomic E-state index is 0.0320. The van der Waals surface area contributed by atoms with E-state index in [2.05, 4.69) is 15.9 Å². The fourth-order valence-corrected chi connectivity index (χ4v) is 4.34. The lowest BCUT2D eigenvalue weighted by atomic mass is 9.94. The van der Waals surface area contributed by atoms with Crippen molar-refractivity contribution in [2.45, 2.75) is 18.0 Å². The molecule has 0 bridgehead atoms. The van der Waals surface area contributed by atoms with Crippen molar-refractivity contribution in [3.05, 3.63) is 92.1 Å². The zero-order chi connectivity index (χ0) is 29.5. The van der Waals surface area contributed by atoms with Gasteiger partial charge in [-0.25, -0.2) is 8.78 Å². The molecule has 0 aliphatic heterocycles. The van der Waals surface area contributed by atoms with Gasteiger partial charge in [0.1, 0.15) is 5.56 Å². The number of anilines is 2. The maximum Gasteiger partial charge on any atom is 0.435 e. The summed E-state index contributed by atoms with van der Waals surface area (Å²) >= 11 is 8.45. The van der Waals surface area contributed by atoms with E-state index < -0.39 is 67.6 Å². The Hall–Kier alpha value is -3.46. The molecule has 3 aromatic rings. The summed E-state index contributed by atoms with van der Waals surface area (Å²) in [7, 11) is 1.15. The van der Waals surface area contributed by atoms with E-state index in [-0.39, 0.29) is 17.7 Å². The van der Waals surface area contributed by atoms with Gasteiger partial charge in [0.2, 0.25) is 0 Å². The van der Waals surface area contributed by atoms with Crippen LogP contribution in [-0.4, -0.2) is 31.2 Å². The zero-order valence-electron chi connectivity index (χ0n) is 19.1. The van der Waals surface area contributed by atoms with Crippen LogP contribution in [0.2, 0.25) is 5.02 Å². The van der Waals surface area contributed by atoms with Gasteiger partial charge in [-0.15, -0.1) is 0 Å². The van der Waals surface area contributed by atoms with Crippen LogP contribution in [0.5, 0.6) is 0 Å². The van der Waals surface area contributed by atoms with Gasteiger partial charge in [0, 0.05) is 23.2 Å². The fourth-order valence-electron chi connectivity index (χ4n) is 3.40. The number of alkyl halides is 7. The number of nitrogens with zero attached hydrogens (tertiary/aromatic N) is 2. The summed E-state index contributed by atoms with van der Waals surface area (Å²) in [5.41, 5.74) is -9.50. The van der Waals surface area contributed by atoms with Crippen molar-refractivity contribution in [1.82, 2.24) is 0 Å². The molecule has 2 amide bonds. The SMILES string of the molecule is CN(C(=O)c1ccc[n+]([O-])c1)c1cccc(C(=O)Nc2c(Cl)cc(C(F)(C(F)(F)F)C(F)(F)F)cc2Br)c1F. The Kier molecular flexibility index (Phi) is 8.18. The number of hydrogen-bond donors (Lipinski definition) is 1. The van der Waals surface area contributed by atoms with E-state index in [0.717, 1.165) is 36.5 Å². The number of pyridine rings is 1. The Morgan fingerprint density at radius 2 is 1.64 bits per heavy atom. The van der Waals surface area contributed by atoms with Crippen LogP contribution >= 0.6 is 27.5 Å². The van der Waals surface area contributed by atoms with Gasteiger partial charge in [-0.3, -0.25) is 9.59 Å². The standard InChI is InChI=1S/C23H13BrClF8N3O3/c1-35(20(38)11-4-3-7-36(39)10-11)16-6-2-5-13(17(16)26)19(37)34-18-14(24)8-12(9-15(18)25)21(27,22(28,29)30)23(31,32)33/h2-10H,1H3,(H,34,37). The minimum atomic E-state index is -6.40. The molecule has 0 atom stereocenters. The molecule has 3 rings (SSSR count). The first kappa shape index (κ1) is 30.1. The predicted octanol–water partition coefficient (Wildman–Crippen LogP) is 6.69. The van der Waals surface area contributed by atoms with Gasteiger partial charge in [0.15, 0.2) is 18.2 Å². The van der Waals surface area contributed by atoms with Crippen LogP contribution in [0.25, 0.3) is 0 Å². The first-order chi connectivity index (χ1) is 17.9. The molecule has 6 nitrogen and oxygen atoms in total. The van der Waals surface area contributed by atoms with Crippen molar-refractivity contribution in [2.24, 2.45) is 0 Å². The predicted molar refractivity (Wildman–Crippen MR) is 127 cm³/mol. The van der Waals surface area contributed by atoms with E-state index in [0.29, 0.717) is 4.73 Å². The maximum atomic E-state index is 15.2. The Morgan fingerprint density at radius 1 is 1.03 bits per heavy atom. The molecular weight excluding hydrogens is 634 g/mol. The topological polar surface area (TPSA) is 76.3 Å². The number of benzene rings is 2. The van der Waals surface area contributed by atoms with Crippen molar-refractivity contribution >= 4 is 50.7 Å². The summed E-state index contributed by atoms with van der Waals surface area (Å²) in [6.45, 7) is 0. The first-order valence-electron chi connectivity index (χ1n) is 10.3. The average molecular weight is 647 g/mol. The normalized spacial score (nSPS) is 12.3. The number of nitrogens with one attached hydrogen (secondary N) is 1. The van der Waals surface area contributed by atoms with Crippen LogP contribution in [0.1, 0.15) is 26.3 Å². The number of carbonyl (C=O) groups is 2. The van der Waals surface area contributed by atoms with Crippen molar-refractivity contribution in [3.8, 4) is 0 Å². The molecule has 0 unspecified atom stereocenters. The molecule has 0 fully saturated rings. The van der Waals surface area contributed by atoms with Crippen LogP contribution in [0, 0.1) is 11.0 Å². The number of carbonyl (C=O) groups excluding carboxylic acids is 2. The van der Waals surface area contributed by atoms with E-state index in [1.165, 1.54) is 18.2 Å². The molecule has 1 heterocycles. The lowest BCUT2D eigenvalue weighted by Crippen LogP contribution is -2.50. The monoisotopic (exact) mass is 645 g/mol. The van der Waals surface area contributed by atoms with Crippen molar-refractivity contribution < 1.29 is 49.4 Å². The zero-order valence-corrected chi connectivity index (χ0v) is 21.4. The largest absolute Gasteiger partial charge is 0.619 e. The summed E-state index contributed by atoms with van der Waals surface area (Å²) in [6, 6.07) is 6.00. The number of rotatable bonds is 5. The third-order valence-electron chi connectivity index (χ3n) is 5.37. The third kappa shape index (κ3) is 5.64. The molecule has 0 aliphatic carbocycles. The van der Waals surface area contributed by atoms with Crippen LogP contribution < -0.4 is 14.9 Å². The molecule has 1 N–H and O–H groups in total. The van der Waals surface area contributed by atoms with Crippen LogP contribution in [0.15, 0.2) is 59.3 Å². The second-order valence-electron chi connectivity index (χ2n) is 7.88. The Balaban J connectivity index is 1.96. The highest BCUT2D eigenvalue weighted by atomic mass is 79.9. The summed E-state index contributed by atoms with van der Waals surface area (Å²) in [5, 5.41) is 12.5. The van der Waals surface area contributed by atoms with E-state index in [4.69, 9.17) is 11.6 Å². The minimum Gasteiger partial charge on any atom is -0.619 e. The summed E-state index contributed by atoms with van der Waals surface area (Å²) < 4.78 is 108. The molecule has 2 aromatic carbocycles.